The Hall–Kier alpha value is -0.840. The van der Waals surface area contributed by atoms with E-state index in [2.05, 4.69) is 12.2 Å². The zero-order valence-corrected chi connectivity index (χ0v) is 10.4. The monoisotopic (exact) mass is 239 g/mol. The van der Waals surface area contributed by atoms with Gasteiger partial charge in [-0.1, -0.05) is 6.92 Å². The van der Waals surface area contributed by atoms with E-state index in [1.165, 1.54) is 0 Å². The van der Waals surface area contributed by atoms with E-state index in [0.29, 0.717) is 12.0 Å². The molecule has 4 nitrogen and oxygen atoms in total. The van der Waals surface area contributed by atoms with Gasteiger partial charge in [0.15, 0.2) is 0 Å². The number of hydrogen-bond donors (Lipinski definition) is 1. The Balaban J connectivity index is 1.41. The van der Waals surface area contributed by atoms with Crippen molar-refractivity contribution in [3.8, 4) is 0 Å². The first-order chi connectivity index (χ1) is 8.29. The van der Waals surface area contributed by atoms with Crippen molar-refractivity contribution in [2.75, 3.05) is 32.9 Å². The highest BCUT2D eigenvalue weighted by atomic mass is 16.5. The molecule has 2 rings (SSSR count). The highest BCUT2D eigenvalue weighted by molar-refractivity contribution is 4.95. The minimum Gasteiger partial charge on any atom is -0.467 e. The van der Waals surface area contributed by atoms with Gasteiger partial charge in [-0.15, -0.1) is 0 Å². The fourth-order valence-corrected chi connectivity index (χ4v) is 1.81. The van der Waals surface area contributed by atoms with Gasteiger partial charge in [0, 0.05) is 18.6 Å². The first-order valence-electron chi connectivity index (χ1n) is 6.17. The van der Waals surface area contributed by atoms with Gasteiger partial charge >= 0.3 is 0 Å². The maximum absolute atomic E-state index is 5.49. The fourth-order valence-electron chi connectivity index (χ4n) is 1.81. The predicted octanol–water partition coefficient (Wildman–Crippen LogP) is 1.81. The minimum atomic E-state index is 0.356. The molecule has 0 atom stereocenters. The molecule has 96 valence electrons. The van der Waals surface area contributed by atoms with Crippen LogP contribution in [0.25, 0.3) is 0 Å². The van der Waals surface area contributed by atoms with Crippen molar-refractivity contribution < 1.29 is 13.9 Å². The number of nitrogens with one attached hydrogen (secondary N) is 1. The molecule has 0 spiro atoms. The number of rotatable bonds is 8. The van der Waals surface area contributed by atoms with Gasteiger partial charge in [0.25, 0.3) is 0 Å². The standard InChI is InChI=1S/C13H21NO3/c1-13(10-16-11-13)9-14-5-3-6-15-8-12-4-2-7-17-12/h2,4,7,14H,3,5-6,8-11H2,1H3. The molecule has 0 bridgehead atoms. The smallest absolute Gasteiger partial charge is 0.129 e. The van der Waals surface area contributed by atoms with Gasteiger partial charge in [0.05, 0.1) is 19.5 Å². The number of hydrogen-bond acceptors (Lipinski definition) is 4. The Morgan fingerprint density at radius 3 is 3.00 bits per heavy atom. The lowest BCUT2D eigenvalue weighted by molar-refractivity contribution is -0.0990. The van der Waals surface area contributed by atoms with E-state index >= 15 is 0 Å². The Morgan fingerprint density at radius 2 is 2.35 bits per heavy atom. The van der Waals surface area contributed by atoms with E-state index in [1.54, 1.807) is 6.26 Å². The molecule has 2 heterocycles. The van der Waals surface area contributed by atoms with Gasteiger partial charge in [-0.3, -0.25) is 0 Å². The second-order valence-corrected chi connectivity index (χ2v) is 4.97. The lowest BCUT2D eigenvalue weighted by atomic mass is 9.89. The van der Waals surface area contributed by atoms with Gasteiger partial charge in [0.1, 0.15) is 12.4 Å². The Morgan fingerprint density at radius 1 is 1.47 bits per heavy atom. The first-order valence-corrected chi connectivity index (χ1v) is 6.17. The zero-order valence-electron chi connectivity index (χ0n) is 10.4. The largest absolute Gasteiger partial charge is 0.467 e. The van der Waals surface area contributed by atoms with E-state index in [1.807, 2.05) is 12.1 Å². The van der Waals surface area contributed by atoms with Gasteiger partial charge in [-0.2, -0.15) is 0 Å². The van der Waals surface area contributed by atoms with Crippen molar-refractivity contribution >= 4 is 0 Å². The summed E-state index contributed by atoms with van der Waals surface area (Å²) in [4.78, 5) is 0. The molecule has 0 aromatic carbocycles. The molecule has 17 heavy (non-hydrogen) atoms. The molecule has 4 heteroatoms. The van der Waals surface area contributed by atoms with Crippen LogP contribution in [-0.4, -0.2) is 32.9 Å². The van der Waals surface area contributed by atoms with Crippen LogP contribution in [0, 0.1) is 5.41 Å². The SMILES string of the molecule is CC1(CNCCCOCc2ccco2)COC1. The summed E-state index contributed by atoms with van der Waals surface area (Å²) in [7, 11) is 0. The normalized spacial score (nSPS) is 17.9. The first kappa shape index (κ1) is 12.6. The minimum absolute atomic E-state index is 0.356. The zero-order chi connectivity index (χ0) is 12.0. The third-order valence-corrected chi connectivity index (χ3v) is 2.92. The van der Waals surface area contributed by atoms with Crippen LogP contribution in [0.5, 0.6) is 0 Å². The fraction of sp³-hybridized carbons (Fsp3) is 0.692. The lowest BCUT2D eigenvalue weighted by Crippen LogP contribution is -2.47. The Kier molecular flexibility index (Phi) is 4.59. The highest BCUT2D eigenvalue weighted by Gasteiger charge is 2.32. The summed E-state index contributed by atoms with van der Waals surface area (Å²) in [5.74, 6) is 0.886. The summed E-state index contributed by atoms with van der Waals surface area (Å²) in [5, 5.41) is 3.44. The Bertz CT molecular complexity index is 306. The predicted molar refractivity (Wildman–Crippen MR) is 64.8 cm³/mol. The molecule has 1 N–H and O–H groups in total. The van der Waals surface area contributed by atoms with Crippen molar-refractivity contribution in [3.63, 3.8) is 0 Å². The van der Waals surface area contributed by atoms with Crippen LogP contribution >= 0.6 is 0 Å². The summed E-state index contributed by atoms with van der Waals surface area (Å²) < 4.78 is 15.9. The van der Waals surface area contributed by atoms with Crippen LogP contribution in [0.3, 0.4) is 0 Å². The van der Waals surface area contributed by atoms with Crippen LogP contribution in [0.1, 0.15) is 19.1 Å². The maximum atomic E-state index is 5.49. The molecule has 1 fully saturated rings. The van der Waals surface area contributed by atoms with Crippen molar-refractivity contribution in [3.05, 3.63) is 24.2 Å². The van der Waals surface area contributed by atoms with Gasteiger partial charge < -0.3 is 19.2 Å². The van der Waals surface area contributed by atoms with Gasteiger partial charge in [-0.25, -0.2) is 0 Å². The van der Waals surface area contributed by atoms with Crippen LogP contribution in [0.15, 0.2) is 22.8 Å². The summed E-state index contributed by atoms with van der Waals surface area (Å²) in [5.41, 5.74) is 0.356. The molecule has 0 aliphatic carbocycles. The molecule has 1 saturated heterocycles. The molecule has 1 aliphatic heterocycles. The molecule has 0 amide bonds. The maximum Gasteiger partial charge on any atom is 0.129 e. The molecule has 1 aromatic heterocycles. The average Bonchev–Trinajstić information content (AvgIpc) is 2.78. The van der Waals surface area contributed by atoms with Crippen molar-refractivity contribution in [1.29, 1.82) is 0 Å². The molecule has 0 radical (unpaired) electrons. The highest BCUT2D eigenvalue weighted by Crippen LogP contribution is 2.24. The lowest BCUT2D eigenvalue weighted by Gasteiger charge is -2.38. The van der Waals surface area contributed by atoms with E-state index in [-0.39, 0.29) is 0 Å². The van der Waals surface area contributed by atoms with Crippen LogP contribution in [0.4, 0.5) is 0 Å². The van der Waals surface area contributed by atoms with E-state index < -0.39 is 0 Å². The van der Waals surface area contributed by atoms with E-state index in [0.717, 1.165) is 45.1 Å². The van der Waals surface area contributed by atoms with Crippen molar-refractivity contribution in [2.45, 2.75) is 20.0 Å². The van der Waals surface area contributed by atoms with Crippen LogP contribution < -0.4 is 5.32 Å². The topological polar surface area (TPSA) is 43.6 Å². The summed E-state index contributed by atoms with van der Waals surface area (Å²) in [6.45, 7) is 7.37. The molecule has 1 aromatic rings. The number of ether oxygens (including phenoxy) is 2. The molecular formula is C13H21NO3. The molecule has 1 aliphatic rings. The summed E-state index contributed by atoms with van der Waals surface area (Å²) >= 11 is 0. The second kappa shape index (κ2) is 6.19. The van der Waals surface area contributed by atoms with E-state index in [9.17, 15) is 0 Å². The molecule has 0 unspecified atom stereocenters. The molecule has 0 saturated carbocycles. The molecular weight excluding hydrogens is 218 g/mol. The third kappa shape index (κ3) is 4.15. The summed E-state index contributed by atoms with van der Waals surface area (Å²) in [6, 6.07) is 3.80. The summed E-state index contributed by atoms with van der Waals surface area (Å²) in [6.07, 6.45) is 2.69. The van der Waals surface area contributed by atoms with Crippen molar-refractivity contribution in [2.24, 2.45) is 5.41 Å². The second-order valence-electron chi connectivity index (χ2n) is 4.97. The Labute approximate surface area is 102 Å². The van der Waals surface area contributed by atoms with Gasteiger partial charge in [-0.05, 0) is 25.1 Å². The van der Waals surface area contributed by atoms with Gasteiger partial charge in [0.2, 0.25) is 0 Å². The quantitative estimate of drug-likeness (QED) is 0.703. The third-order valence-electron chi connectivity index (χ3n) is 2.92. The van der Waals surface area contributed by atoms with Crippen LogP contribution in [0.2, 0.25) is 0 Å². The number of furan rings is 1. The van der Waals surface area contributed by atoms with E-state index in [4.69, 9.17) is 13.9 Å². The van der Waals surface area contributed by atoms with Crippen molar-refractivity contribution in [1.82, 2.24) is 5.32 Å². The average molecular weight is 239 g/mol. The van der Waals surface area contributed by atoms with Crippen LogP contribution in [-0.2, 0) is 16.1 Å².